The third kappa shape index (κ3) is 5.09. The summed E-state index contributed by atoms with van der Waals surface area (Å²) in [6.07, 6.45) is 0.528. The summed E-state index contributed by atoms with van der Waals surface area (Å²) in [6, 6.07) is 0. The molecule has 0 aromatic carbocycles. The van der Waals surface area contributed by atoms with E-state index in [0.29, 0.717) is 6.42 Å². The van der Waals surface area contributed by atoms with Gasteiger partial charge in [0.15, 0.2) is 0 Å². The first kappa shape index (κ1) is 11.4. The first-order chi connectivity index (χ1) is 5.60. The molecule has 2 unspecified atom stereocenters. The van der Waals surface area contributed by atoms with Crippen molar-refractivity contribution < 1.29 is 20.1 Å². The molecule has 2 atom stereocenters. The molecule has 0 spiro atoms. The van der Waals surface area contributed by atoms with Crippen molar-refractivity contribution in [2.24, 2.45) is 11.8 Å². The standard InChI is InChI=1S/C8H16O4/c1-6(4-9)2-7(5-10)3-8(11)12/h6-7,9-10H,2-5H2,1H3,(H,11,12). The lowest BCUT2D eigenvalue weighted by molar-refractivity contribution is -0.138. The Hall–Kier alpha value is -0.610. The maximum atomic E-state index is 10.3. The van der Waals surface area contributed by atoms with Crippen LogP contribution in [0.1, 0.15) is 19.8 Å². The number of aliphatic hydroxyl groups is 2. The molecular weight excluding hydrogens is 160 g/mol. The second-order valence-electron chi connectivity index (χ2n) is 3.17. The summed E-state index contributed by atoms with van der Waals surface area (Å²) in [4.78, 5) is 10.3. The number of rotatable bonds is 6. The summed E-state index contributed by atoms with van der Waals surface area (Å²) < 4.78 is 0. The van der Waals surface area contributed by atoms with Crippen molar-refractivity contribution >= 4 is 5.97 Å². The quantitative estimate of drug-likeness (QED) is 0.536. The Morgan fingerprint density at radius 3 is 2.25 bits per heavy atom. The zero-order valence-electron chi connectivity index (χ0n) is 7.23. The highest BCUT2D eigenvalue weighted by Gasteiger charge is 2.14. The zero-order chi connectivity index (χ0) is 9.56. The molecule has 0 bridgehead atoms. The Morgan fingerprint density at radius 2 is 1.92 bits per heavy atom. The van der Waals surface area contributed by atoms with E-state index in [9.17, 15) is 4.79 Å². The van der Waals surface area contributed by atoms with Gasteiger partial charge in [-0.1, -0.05) is 6.92 Å². The first-order valence-corrected chi connectivity index (χ1v) is 4.03. The fourth-order valence-electron chi connectivity index (χ4n) is 1.11. The predicted octanol–water partition coefficient (Wildman–Crippen LogP) is 0.0881. The minimum absolute atomic E-state index is 0.0269. The summed E-state index contributed by atoms with van der Waals surface area (Å²) in [5.41, 5.74) is 0. The lowest BCUT2D eigenvalue weighted by Gasteiger charge is -2.15. The van der Waals surface area contributed by atoms with Crippen molar-refractivity contribution in [1.29, 1.82) is 0 Å². The van der Waals surface area contributed by atoms with Crippen LogP contribution < -0.4 is 0 Å². The van der Waals surface area contributed by atoms with E-state index in [2.05, 4.69) is 0 Å². The van der Waals surface area contributed by atoms with Crippen LogP contribution in [0.5, 0.6) is 0 Å². The fourth-order valence-corrected chi connectivity index (χ4v) is 1.11. The van der Waals surface area contributed by atoms with Crippen LogP contribution >= 0.6 is 0 Å². The van der Waals surface area contributed by atoms with Crippen LogP contribution in [0.3, 0.4) is 0 Å². The molecule has 0 saturated heterocycles. The molecule has 4 nitrogen and oxygen atoms in total. The monoisotopic (exact) mass is 176 g/mol. The van der Waals surface area contributed by atoms with Crippen molar-refractivity contribution in [1.82, 2.24) is 0 Å². The van der Waals surface area contributed by atoms with Gasteiger partial charge >= 0.3 is 5.97 Å². The van der Waals surface area contributed by atoms with Gasteiger partial charge in [-0.2, -0.15) is 0 Å². The minimum atomic E-state index is -0.904. The van der Waals surface area contributed by atoms with Crippen molar-refractivity contribution in [3.8, 4) is 0 Å². The second-order valence-corrected chi connectivity index (χ2v) is 3.17. The highest BCUT2D eigenvalue weighted by Crippen LogP contribution is 2.14. The lowest BCUT2D eigenvalue weighted by Crippen LogP contribution is -2.16. The van der Waals surface area contributed by atoms with E-state index in [1.54, 1.807) is 0 Å². The number of carboxylic acids is 1. The van der Waals surface area contributed by atoms with E-state index in [1.165, 1.54) is 0 Å². The van der Waals surface area contributed by atoms with Gasteiger partial charge in [-0.05, 0) is 18.3 Å². The Balaban J connectivity index is 3.74. The first-order valence-electron chi connectivity index (χ1n) is 4.03. The highest BCUT2D eigenvalue weighted by atomic mass is 16.4. The van der Waals surface area contributed by atoms with Crippen LogP contribution in [0.15, 0.2) is 0 Å². The molecule has 0 aliphatic heterocycles. The number of carbonyl (C=O) groups is 1. The highest BCUT2D eigenvalue weighted by molar-refractivity contribution is 5.67. The third-order valence-corrected chi connectivity index (χ3v) is 1.77. The molecule has 4 heteroatoms. The lowest BCUT2D eigenvalue weighted by atomic mass is 9.94. The van der Waals surface area contributed by atoms with Gasteiger partial charge in [0, 0.05) is 13.2 Å². The molecular formula is C8H16O4. The molecule has 0 aromatic rings. The van der Waals surface area contributed by atoms with Crippen LogP contribution in [0.4, 0.5) is 0 Å². The van der Waals surface area contributed by atoms with Crippen molar-refractivity contribution in [3.63, 3.8) is 0 Å². The molecule has 0 amide bonds. The average molecular weight is 176 g/mol. The molecule has 0 radical (unpaired) electrons. The second kappa shape index (κ2) is 5.97. The maximum absolute atomic E-state index is 10.3. The van der Waals surface area contributed by atoms with Gasteiger partial charge in [-0.3, -0.25) is 4.79 Å². The van der Waals surface area contributed by atoms with E-state index < -0.39 is 5.97 Å². The number of aliphatic carboxylic acids is 1. The van der Waals surface area contributed by atoms with Gasteiger partial charge in [-0.25, -0.2) is 0 Å². The number of hydrogen-bond donors (Lipinski definition) is 3. The summed E-state index contributed by atoms with van der Waals surface area (Å²) in [5.74, 6) is -1.08. The van der Waals surface area contributed by atoms with Crippen LogP contribution in [-0.2, 0) is 4.79 Å². The summed E-state index contributed by atoms with van der Waals surface area (Å²) in [6.45, 7) is 1.73. The van der Waals surface area contributed by atoms with Gasteiger partial charge < -0.3 is 15.3 Å². The normalized spacial score (nSPS) is 15.6. The number of carboxylic acid groups (broad SMARTS) is 1. The Bertz CT molecular complexity index is 135. The van der Waals surface area contributed by atoms with Crippen molar-refractivity contribution in [3.05, 3.63) is 0 Å². The van der Waals surface area contributed by atoms with Crippen molar-refractivity contribution in [2.45, 2.75) is 19.8 Å². The van der Waals surface area contributed by atoms with Gasteiger partial charge in [0.05, 0.1) is 6.42 Å². The molecule has 0 rings (SSSR count). The summed E-state index contributed by atoms with van der Waals surface area (Å²) in [5, 5.41) is 25.9. The SMILES string of the molecule is CC(CO)CC(CO)CC(=O)O. The molecule has 0 saturated carbocycles. The number of hydrogen-bond acceptors (Lipinski definition) is 3. The molecule has 0 aliphatic rings. The Labute approximate surface area is 71.8 Å². The molecule has 3 N–H and O–H groups in total. The van der Waals surface area contributed by atoms with E-state index in [0.717, 1.165) is 0 Å². The summed E-state index contributed by atoms with van der Waals surface area (Å²) in [7, 11) is 0. The number of aliphatic hydroxyl groups excluding tert-OH is 2. The molecule has 0 heterocycles. The van der Waals surface area contributed by atoms with Gasteiger partial charge in [0.1, 0.15) is 0 Å². The van der Waals surface area contributed by atoms with E-state index in [-0.39, 0.29) is 31.5 Å². The zero-order valence-corrected chi connectivity index (χ0v) is 7.23. The van der Waals surface area contributed by atoms with Crippen LogP contribution in [0, 0.1) is 11.8 Å². The smallest absolute Gasteiger partial charge is 0.303 e. The molecule has 72 valence electrons. The topological polar surface area (TPSA) is 77.8 Å². The largest absolute Gasteiger partial charge is 0.481 e. The molecule has 0 aliphatic carbocycles. The van der Waals surface area contributed by atoms with Gasteiger partial charge in [-0.15, -0.1) is 0 Å². The fraction of sp³-hybridized carbons (Fsp3) is 0.875. The molecule has 12 heavy (non-hydrogen) atoms. The Kier molecular flexibility index (Phi) is 5.66. The minimum Gasteiger partial charge on any atom is -0.481 e. The van der Waals surface area contributed by atoms with E-state index in [4.69, 9.17) is 15.3 Å². The maximum Gasteiger partial charge on any atom is 0.303 e. The predicted molar refractivity (Wildman–Crippen MR) is 43.7 cm³/mol. The van der Waals surface area contributed by atoms with Crippen molar-refractivity contribution in [2.75, 3.05) is 13.2 Å². The van der Waals surface area contributed by atoms with Gasteiger partial charge in [0.2, 0.25) is 0 Å². The average Bonchev–Trinajstić information content (AvgIpc) is 2.02. The Morgan fingerprint density at radius 1 is 1.33 bits per heavy atom. The van der Waals surface area contributed by atoms with Crippen LogP contribution in [-0.4, -0.2) is 34.5 Å². The van der Waals surface area contributed by atoms with E-state index in [1.807, 2.05) is 6.92 Å². The van der Waals surface area contributed by atoms with E-state index >= 15 is 0 Å². The molecule has 0 fully saturated rings. The van der Waals surface area contributed by atoms with Crippen LogP contribution in [0.25, 0.3) is 0 Å². The third-order valence-electron chi connectivity index (χ3n) is 1.77. The molecule has 0 aromatic heterocycles. The summed E-state index contributed by atoms with van der Waals surface area (Å²) >= 11 is 0. The van der Waals surface area contributed by atoms with Gasteiger partial charge in [0.25, 0.3) is 0 Å². The van der Waals surface area contributed by atoms with Crippen LogP contribution in [0.2, 0.25) is 0 Å².